The van der Waals surface area contributed by atoms with Gasteiger partial charge in [0, 0.05) is 13.1 Å². The highest BCUT2D eigenvalue weighted by atomic mass is 32.2. The molecule has 1 unspecified atom stereocenters. The van der Waals surface area contributed by atoms with Crippen molar-refractivity contribution in [1.82, 2.24) is 10.2 Å². The Morgan fingerprint density at radius 1 is 1.03 bits per heavy atom. The third-order valence-corrected chi connectivity index (χ3v) is 6.71. The van der Waals surface area contributed by atoms with Crippen LogP contribution in [-0.2, 0) is 26.2 Å². The molecule has 0 bridgehead atoms. The van der Waals surface area contributed by atoms with Crippen molar-refractivity contribution in [2.75, 3.05) is 30.3 Å². The lowest BCUT2D eigenvalue weighted by molar-refractivity contribution is -0.139. The highest BCUT2D eigenvalue weighted by Gasteiger charge is 2.30. The molecule has 0 saturated carbocycles. The summed E-state index contributed by atoms with van der Waals surface area (Å²) in [5, 5.41) is 2.87. The second kappa shape index (κ2) is 12.6. The van der Waals surface area contributed by atoms with Gasteiger partial charge in [0.25, 0.3) is 0 Å². The normalized spacial score (nSPS) is 12.2. The Balaban J connectivity index is 2.36. The molecule has 2 rings (SSSR count). The topological polar surface area (TPSA) is 96.0 Å². The minimum Gasteiger partial charge on any atom is -0.494 e. The first-order valence-electron chi connectivity index (χ1n) is 11.8. The lowest BCUT2D eigenvalue weighted by Gasteiger charge is -2.32. The number of sulfonamides is 1. The van der Waals surface area contributed by atoms with Crippen molar-refractivity contribution < 1.29 is 22.7 Å². The molecule has 2 aromatic rings. The van der Waals surface area contributed by atoms with Crippen LogP contribution in [0.4, 0.5) is 5.69 Å². The molecule has 0 heterocycles. The number of nitrogens with zero attached hydrogens (tertiary/aromatic N) is 2. The molecule has 35 heavy (non-hydrogen) atoms. The summed E-state index contributed by atoms with van der Waals surface area (Å²) in [5.41, 5.74) is 2.21. The van der Waals surface area contributed by atoms with Gasteiger partial charge in [-0.15, -0.1) is 0 Å². The third kappa shape index (κ3) is 8.28. The first-order valence-corrected chi connectivity index (χ1v) is 13.6. The fourth-order valence-corrected chi connectivity index (χ4v) is 4.34. The Morgan fingerprint density at radius 3 is 2.20 bits per heavy atom. The van der Waals surface area contributed by atoms with Crippen molar-refractivity contribution in [3.05, 3.63) is 59.7 Å². The van der Waals surface area contributed by atoms with E-state index < -0.39 is 28.5 Å². The molecule has 0 radical (unpaired) electrons. The van der Waals surface area contributed by atoms with Crippen LogP contribution in [-0.4, -0.2) is 57.1 Å². The van der Waals surface area contributed by atoms with Crippen LogP contribution < -0.4 is 14.4 Å². The molecule has 192 valence electrons. The summed E-state index contributed by atoms with van der Waals surface area (Å²) in [6, 6.07) is 13.3. The Morgan fingerprint density at radius 2 is 1.66 bits per heavy atom. The van der Waals surface area contributed by atoms with E-state index in [0.29, 0.717) is 24.6 Å². The van der Waals surface area contributed by atoms with E-state index >= 15 is 0 Å². The zero-order valence-electron chi connectivity index (χ0n) is 21.4. The van der Waals surface area contributed by atoms with Gasteiger partial charge >= 0.3 is 0 Å². The molecule has 9 heteroatoms. The van der Waals surface area contributed by atoms with Gasteiger partial charge in [-0.2, -0.15) is 0 Å². The van der Waals surface area contributed by atoms with Gasteiger partial charge in [0.15, 0.2) is 0 Å². The summed E-state index contributed by atoms with van der Waals surface area (Å²) < 4.78 is 31.8. The first-order chi connectivity index (χ1) is 16.4. The van der Waals surface area contributed by atoms with E-state index in [1.165, 1.54) is 4.90 Å². The van der Waals surface area contributed by atoms with Gasteiger partial charge in [-0.25, -0.2) is 8.42 Å². The lowest BCUT2D eigenvalue weighted by atomic mass is 10.1. The average Bonchev–Trinajstić information content (AvgIpc) is 2.80. The molecule has 1 atom stereocenters. The monoisotopic (exact) mass is 503 g/mol. The van der Waals surface area contributed by atoms with Crippen LogP contribution in [0.2, 0.25) is 0 Å². The van der Waals surface area contributed by atoms with E-state index in [9.17, 15) is 18.0 Å². The number of benzene rings is 2. The van der Waals surface area contributed by atoms with Crippen molar-refractivity contribution in [1.29, 1.82) is 0 Å². The van der Waals surface area contributed by atoms with Gasteiger partial charge in [-0.1, -0.05) is 38.1 Å². The SMILES string of the molecule is CCOc1ccc(N(CC(=O)N(Cc2ccccc2C)C(C)C(=O)NCC(C)C)S(C)(=O)=O)cc1. The molecule has 2 amide bonds. The first kappa shape index (κ1) is 28.2. The van der Waals surface area contributed by atoms with Crippen LogP contribution in [0.5, 0.6) is 5.75 Å². The average molecular weight is 504 g/mol. The van der Waals surface area contributed by atoms with E-state index in [2.05, 4.69) is 5.32 Å². The molecule has 0 spiro atoms. The van der Waals surface area contributed by atoms with E-state index in [1.54, 1.807) is 31.2 Å². The number of rotatable bonds is 12. The molecular formula is C26H37N3O5S. The maximum Gasteiger partial charge on any atom is 0.244 e. The van der Waals surface area contributed by atoms with Crippen LogP contribution in [0, 0.1) is 12.8 Å². The molecule has 2 aromatic carbocycles. The molecule has 0 saturated heterocycles. The zero-order chi connectivity index (χ0) is 26.2. The summed E-state index contributed by atoms with van der Waals surface area (Å²) in [7, 11) is -3.78. The predicted octanol–water partition coefficient (Wildman–Crippen LogP) is 3.35. The van der Waals surface area contributed by atoms with E-state index in [4.69, 9.17) is 4.74 Å². The second-order valence-corrected chi connectivity index (χ2v) is 10.9. The summed E-state index contributed by atoms with van der Waals surface area (Å²) in [4.78, 5) is 27.9. The van der Waals surface area contributed by atoms with Crippen molar-refractivity contribution in [2.24, 2.45) is 5.92 Å². The van der Waals surface area contributed by atoms with Crippen molar-refractivity contribution in [3.63, 3.8) is 0 Å². The van der Waals surface area contributed by atoms with Crippen LogP contribution in [0.25, 0.3) is 0 Å². The number of hydrogen-bond donors (Lipinski definition) is 1. The largest absolute Gasteiger partial charge is 0.494 e. The van der Waals surface area contributed by atoms with Gasteiger partial charge in [-0.05, 0) is 62.1 Å². The number of ether oxygens (including phenoxy) is 1. The number of nitrogens with one attached hydrogen (secondary N) is 1. The Hall–Kier alpha value is -3.07. The Kier molecular flexibility index (Phi) is 10.1. The number of carbonyl (C=O) groups excluding carboxylic acids is 2. The summed E-state index contributed by atoms with van der Waals surface area (Å²) in [6.45, 7) is 10.2. The fraction of sp³-hybridized carbons (Fsp3) is 0.462. The maximum absolute atomic E-state index is 13.6. The van der Waals surface area contributed by atoms with Crippen LogP contribution in [0.1, 0.15) is 38.8 Å². The molecule has 0 aliphatic rings. The number of anilines is 1. The fourth-order valence-electron chi connectivity index (χ4n) is 3.50. The highest BCUT2D eigenvalue weighted by molar-refractivity contribution is 7.92. The Labute approximate surface area is 209 Å². The van der Waals surface area contributed by atoms with Crippen molar-refractivity contribution >= 4 is 27.5 Å². The smallest absolute Gasteiger partial charge is 0.244 e. The minimum absolute atomic E-state index is 0.183. The third-order valence-electron chi connectivity index (χ3n) is 5.57. The van der Waals surface area contributed by atoms with E-state index in [0.717, 1.165) is 21.7 Å². The predicted molar refractivity (Wildman–Crippen MR) is 139 cm³/mol. The highest BCUT2D eigenvalue weighted by Crippen LogP contribution is 2.23. The Bertz CT molecular complexity index is 1100. The molecule has 1 N–H and O–H groups in total. The van der Waals surface area contributed by atoms with Crippen molar-refractivity contribution in [3.8, 4) is 5.75 Å². The van der Waals surface area contributed by atoms with Crippen molar-refractivity contribution in [2.45, 2.75) is 47.2 Å². The number of hydrogen-bond acceptors (Lipinski definition) is 5. The quantitative estimate of drug-likeness (QED) is 0.479. The molecule has 0 fully saturated rings. The van der Waals surface area contributed by atoms with E-state index in [1.807, 2.05) is 52.0 Å². The maximum atomic E-state index is 13.6. The standard InChI is InChI=1S/C26H37N3O5S/c1-7-34-24-14-12-23(13-15-24)29(35(6,32)33)18-25(30)28(17-22-11-9-8-10-20(22)4)21(5)26(31)27-16-19(2)3/h8-15,19,21H,7,16-18H2,1-6H3,(H,27,31). The van der Waals surface area contributed by atoms with Gasteiger partial charge < -0.3 is 15.0 Å². The lowest BCUT2D eigenvalue weighted by Crippen LogP contribution is -2.51. The molecular weight excluding hydrogens is 466 g/mol. The summed E-state index contributed by atoms with van der Waals surface area (Å²) in [6.07, 6.45) is 1.06. The molecule has 0 aliphatic carbocycles. The number of carbonyl (C=O) groups is 2. The van der Waals surface area contributed by atoms with Crippen LogP contribution in [0.15, 0.2) is 48.5 Å². The number of aryl methyl sites for hydroxylation is 1. The minimum atomic E-state index is -3.78. The molecule has 0 aliphatic heterocycles. The van der Waals surface area contributed by atoms with Gasteiger partial charge in [0.1, 0.15) is 18.3 Å². The summed E-state index contributed by atoms with van der Waals surface area (Å²) in [5.74, 6) is 0.104. The zero-order valence-corrected chi connectivity index (χ0v) is 22.3. The van der Waals surface area contributed by atoms with E-state index in [-0.39, 0.29) is 18.4 Å². The second-order valence-electron chi connectivity index (χ2n) is 8.96. The molecule has 0 aromatic heterocycles. The molecule has 8 nitrogen and oxygen atoms in total. The number of amides is 2. The summed E-state index contributed by atoms with van der Waals surface area (Å²) >= 11 is 0. The van der Waals surface area contributed by atoms with Gasteiger partial charge in [-0.3, -0.25) is 13.9 Å². The van der Waals surface area contributed by atoms with Gasteiger partial charge in [0.05, 0.1) is 18.6 Å². The van der Waals surface area contributed by atoms with Crippen LogP contribution >= 0.6 is 0 Å². The van der Waals surface area contributed by atoms with Crippen LogP contribution in [0.3, 0.4) is 0 Å². The van der Waals surface area contributed by atoms with Gasteiger partial charge in [0.2, 0.25) is 21.8 Å².